The Bertz CT molecular complexity index is 929. The molecule has 3 aromatic rings. The summed E-state index contributed by atoms with van der Waals surface area (Å²) in [5, 5.41) is 2.72. The van der Waals surface area contributed by atoms with Crippen molar-refractivity contribution in [3.05, 3.63) is 53.5 Å². The number of benzene rings is 1. The molecule has 0 saturated carbocycles. The van der Waals surface area contributed by atoms with Crippen LogP contribution in [0.4, 0.5) is 5.82 Å². The first-order chi connectivity index (χ1) is 11.2. The van der Waals surface area contributed by atoms with Crippen LogP contribution in [0.1, 0.15) is 39.3 Å². The van der Waals surface area contributed by atoms with E-state index < -0.39 is 0 Å². The van der Waals surface area contributed by atoms with Crippen molar-refractivity contribution in [1.82, 2.24) is 15.0 Å². The number of nitrogens with zero attached hydrogens (tertiary/aromatic N) is 2. The second-order valence-corrected chi connectivity index (χ2v) is 5.53. The number of ketones is 1. The number of para-hydroxylation sites is 2. The van der Waals surface area contributed by atoms with Crippen LogP contribution in [0.15, 0.2) is 36.7 Å². The van der Waals surface area contributed by atoms with E-state index in [1.807, 2.05) is 24.3 Å². The predicted octanol–water partition coefficient (Wildman–Crippen LogP) is 2.73. The number of hydrogen-bond acceptors (Lipinski definition) is 4. The van der Waals surface area contributed by atoms with Crippen molar-refractivity contribution in [2.24, 2.45) is 0 Å². The SMILES string of the molecule is O=C(Nc1cnc2ccccc2n1)c1c[nH]c2c1C(=O)CCC2. The molecule has 0 radical (unpaired) electrons. The lowest BCUT2D eigenvalue weighted by molar-refractivity contribution is 0.0956. The minimum atomic E-state index is -0.345. The maximum absolute atomic E-state index is 12.5. The Morgan fingerprint density at radius 2 is 2.00 bits per heavy atom. The van der Waals surface area contributed by atoms with Gasteiger partial charge < -0.3 is 10.3 Å². The first-order valence-corrected chi connectivity index (χ1v) is 7.49. The fourth-order valence-corrected chi connectivity index (χ4v) is 2.91. The predicted molar refractivity (Wildman–Crippen MR) is 85.6 cm³/mol. The van der Waals surface area contributed by atoms with Crippen molar-refractivity contribution in [2.45, 2.75) is 19.3 Å². The Morgan fingerprint density at radius 1 is 1.17 bits per heavy atom. The molecule has 6 nitrogen and oxygen atoms in total. The average molecular weight is 306 g/mol. The van der Waals surface area contributed by atoms with Crippen molar-refractivity contribution in [2.75, 3.05) is 5.32 Å². The number of hydrogen-bond donors (Lipinski definition) is 2. The zero-order chi connectivity index (χ0) is 15.8. The molecule has 2 heterocycles. The molecule has 1 aromatic carbocycles. The Hall–Kier alpha value is -3.02. The third-order valence-electron chi connectivity index (χ3n) is 4.01. The van der Waals surface area contributed by atoms with Gasteiger partial charge in [0.25, 0.3) is 5.91 Å². The Balaban J connectivity index is 1.65. The molecule has 6 heteroatoms. The second kappa shape index (κ2) is 5.31. The summed E-state index contributed by atoms with van der Waals surface area (Å²) in [5.74, 6) is 0.0384. The largest absolute Gasteiger partial charge is 0.364 e. The number of aromatic amines is 1. The number of nitrogens with one attached hydrogen (secondary N) is 2. The molecule has 1 amide bonds. The van der Waals surface area contributed by atoms with E-state index in [2.05, 4.69) is 20.3 Å². The van der Waals surface area contributed by atoms with Gasteiger partial charge in [0, 0.05) is 18.3 Å². The summed E-state index contributed by atoms with van der Waals surface area (Å²) >= 11 is 0. The molecular weight excluding hydrogens is 292 g/mol. The molecule has 0 bridgehead atoms. The summed E-state index contributed by atoms with van der Waals surface area (Å²) in [7, 11) is 0. The molecular formula is C17H14N4O2. The van der Waals surface area contributed by atoms with Gasteiger partial charge in [0.1, 0.15) is 0 Å². The van der Waals surface area contributed by atoms with Gasteiger partial charge in [0.15, 0.2) is 11.6 Å². The number of carbonyl (C=O) groups is 2. The molecule has 0 fully saturated rings. The number of carbonyl (C=O) groups excluding carboxylic acids is 2. The van der Waals surface area contributed by atoms with Crippen LogP contribution in [-0.4, -0.2) is 26.6 Å². The van der Waals surface area contributed by atoms with Crippen LogP contribution in [0.5, 0.6) is 0 Å². The van der Waals surface area contributed by atoms with Crippen LogP contribution >= 0.6 is 0 Å². The topological polar surface area (TPSA) is 87.7 Å². The van der Waals surface area contributed by atoms with Crippen LogP contribution in [0.2, 0.25) is 0 Å². The van der Waals surface area contributed by atoms with E-state index >= 15 is 0 Å². The highest BCUT2D eigenvalue weighted by Crippen LogP contribution is 2.24. The normalized spacial score (nSPS) is 13.8. The van der Waals surface area contributed by atoms with Crippen LogP contribution in [0.25, 0.3) is 11.0 Å². The molecule has 2 aromatic heterocycles. The van der Waals surface area contributed by atoms with Crippen LogP contribution < -0.4 is 5.32 Å². The summed E-state index contributed by atoms with van der Waals surface area (Å²) in [5.41, 5.74) is 3.20. The number of fused-ring (bicyclic) bond motifs is 2. The zero-order valence-electron chi connectivity index (χ0n) is 12.3. The van der Waals surface area contributed by atoms with Gasteiger partial charge in [-0.25, -0.2) is 4.98 Å². The van der Waals surface area contributed by atoms with Crippen LogP contribution in [0.3, 0.4) is 0 Å². The number of aromatic nitrogens is 3. The smallest absolute Gasteiger partial charge is 0.259 e. The van der Waals surface area contributed by atoms with E-state index in [4.69, 9.17) is 0 Å². The molecule has 0 unspecified atom stereocenters. The first kappa shape index (κ1) is 13.6. The van der Waals surface area contributed by atoms with Gasteiger partial charge in [0.05, 0.1) is 28.4 Å². The molecule has 0 aliphatic heterocycles. The van der Waals surface area contributed by atoms with Gasteiger partial charge in [-0.2, -0.15) is 0 Å². The number of aryl methyl sites for hydroxylation is 1. The number of rotatable bonds is 2. The van der Waals surface area contributed by atoms with Gasteiger partial charge in [-0.05, 0) is 25.0 Å². The highest BCUT2D eigenvalue weighted by atomic mass is 16.2. The van der Waals surface area contributed by atoms with E-state index in [0.29, 0.717) is 28.9 Å². The van der Waals surface area contributed by atoms with Crippen LogP contribution in [-0.2, 0) is 6.42 Å². The van der Waals surface area contributed by atoms with E-state index in [1.54, 1.807) is 6.20 Å². The summed E-state index contributed by atoms with van der Waals surface area (Å²) in [6.07, 6.45) is 5.22. The summed E-state index contributed by atoms with van der Waals surface area (Å²) in [6, 6.07) is 7.44. The monoisotopic (exact) mass is 306 g/mol. The average Bonchev–Trinajstić information content (AvgIpc) is 3.00. The molecule has 1 aliphatic rings. The lowest BCUT2D eigenvalue weighted by Gasteiger charge is -2.11. The summed E-state index contributed by atoms with van der Waals surface area (Å²) < 4.78 is 0. The lowest BCUT2D eigenvalue weighted by Crippen LogP contribution is -2.18. The molecule has 0 saturated heterocycles. The van der Waals surface area contributed by atoms with Crippen molar-refractivity contribution in [1.29, 1.82) is 0 Å². The quantitative estimate of drug-likeness (QED) is 0.762. The van der Waals surface area contributed by atoms with Crippen LogP contribution in [0, 0.1) is 0 Å². The van der Waals surface area contributed by atoms with Crippen molar-refractivity contribution in [3.8, 4) is 0 Å². The lowest BCUT2D eigenvalue weighted by atomic mass is 9.93. The number of H-pyrrole nitrogens is 1. The molecule has 23 heavy (non-hydrogen) atoms. The highest BCUT2D eigenvalue weighted by molar-refractivity contribution is 6.13. The molecule has 0 spiro atoms. The Morgan fingerprint density at radius 3 is 2.87 bits per heavy atom. The van der Waals surface area contributed by atoms with E-state index in [1.165, 1.54) is 6.20 Å². The molecule has 2 N–H and O–H groups in total. The number of amides is 1. The highest BCUT2D eigenvalue weighted by Gasteiger charge is 2.26. The minimum absolute atomic E-state index is 0.0160. The van der Waals surface area contributed by atoms with E-state index in [0.717, 1.165) is 24.1 Å². The van der Waals surface area contributed by atoms with Gasteiger partial charge in [-0.1, -0.05) is 12.1 Å². The maximum Gasteiger partial charge on any atom is 0.259 e. The van der Waals surface area contributed by atoms with Gasteiger partial charge >= 0.3 is 0 Å². The summed E-state index contributed by atoms with van der Waals surface area (Å²) in [4.78, 5) is 36.2. The zero-order valence-corrected chi connectivity index (χ0v) is 12.3. The molecule has 4 rings (SSSR count). The van der Waals surface area contributed by atoms with E-state index in [9.17, 15) is 9.59 Å². The number of Topliss-reactive ketones (excluding diaryl/α,β-unsaturated/α-hetero) is 1. The molecule has 114 valence electrons. The third kappa shape index (κ3) is 2.38. The fraction of sp³-hybridized carbons (Fsp3) is 0.176. The molecule has 1 aliphatic carbocycles. The van der Waals surface area contributed by atoms with Crippen molar-refractivity contribution >= 4 is 28.5 Å². The van der Waals surface area contributed by atoms with Gasteiger partial charge in [-0.3, -0.25) is 14.6 Å². The summed E-state index contributed by atoms with van der Waals surface area (Å²) in [6.45, 7) is 0. The fourth-order valence-electron chi connectivity index (χ4n) is 2.91. The van der Waals surface area contributed by atoms with Gasteiger partial charge in [-0.15, -0.1) is 0 Å². The minimum Gasteiger partial charge on any atom is -0.364 e. The molecule has 0 atom stereocenters. The van der Waals surface area contributed by atoms with E-state index in [-0.39, 0.29) is 11.7 Å². The number of anilines is 1. The maximum atomic E-state index is 12.5. The standard InChI is InChI=1S/C17H14N4O2/c22-14-7-3-6-13-16(14)10(8-18-13)17(23)21-15-9-19-11-4-1-2-5-12(11)20-15/h1-2,4-5,8-9,18H,3,6-7H2,(H,20,21,23). The van der Waals surface area contributed by atoms with Crippen molar-refractivity contribution < 1.29 is 9.59 Å². The second-order valence-electron chi connectivity index (χ2n) is 5.53. The van der Waals surface area contributed by atoms with Gasteiger partial charge in [0.2, 0.25) is 0 Å². The third-order valence-corrected chi connectivity index (χ3v) is 4.01. The Kier molecular flexibility index (Phi) is 3.15. The van der Waals surface area contributed by atoms with Crippen molar-refractivity contribution in [3.63, 3.8) is 0 Å². The Labute approximate surface area is 132 Å². The first-order valence-electron chi connectivity index (χ1n) is 7.49.